The van der Waals surface area contributed by atoms with Gasteiger partial charge in [-0.25, -0.2) is 0 Å². The van der Waals surface area contributed by atoms with Crippen molar-refractivity contribution in [2.45, 2.75) is 25.4 Å². The number of rotatable bonds is 5. The second-order valence-corrected chi connectivity index (χ2v) is 9.77. The number of carbonyl (C=O) groups excluding carboxylic acids is 1. The summed E-state index contributed by atoms with van der Waals surface area (Å²) in [5, 5.41) is 13.0. The third kappa shape index (κ3) is 4.88. The summed E-state index contributed by atoms with van der Waals surface area (Å²) in [4.78, 5) is 20.8. The molecule has 1 amide bonds. The minimum absolute atomic E-state index is 0.0515. The quantitative estimate of drug-likeness (QED) is 0.545. The summed E-state index contributed by atoms with van der Waals surface area (Å²) in [7, 11) is 0. The van der Waals surface area contributed by atoms with E-state index in [1.165, 1.54) is 10.9 Å². The molecule has 34 heavy (non-hydrogen) atoms. The van der Waals surface area contributed by atoms with Crippen LogP contribution in [0, 0.1) is 5.92 Å². The Labute approximate surface area is 199 Å². The van der Waals surface area contributed by atoms with Crippen LogP contribution in [0.4, 0.5) is 19.0 Å². The topological polar surface area (TPSA) is 69.9 Å². The van der Waals surface area contributed by atoms with Crippen molar-refractivity contribution in [1.29, 1.82) is 0 Å². The van der Waals surface area contributed by atoms with E-state index in [-0.39, 0.29) is 17.5 Å². The van der Waals surface area contributed by atoms with Crippen molar-refractivity contribution in [3.63, 3.8) is 0 Å². The monoisotopic (exact) mass is 493 g/mol. The van der Waals surface area contributed by atoms with Gasteiger partial charge in [0.15, 0.2) is 5.65 Å². The van der Waals surface area contributed by atoms with Crippen LogP contribution in [0.1, 0.15) is 23.5 Å². The van der Waals surface area contributed by atoms with Gasteiger partial charge in [-0.05, 0) is 42.8 Å². The summed E-state index contributed by atoms with van der Waals surface area (Å²) in [6, 6.07) is 7.37. The molecule has 0 N–H and O–H groups in total. The van der Waals surface area contributed by atoms with Crippen LogP contribution in [-0.4, -0.2) is 81.3 Å². The van der Waals surface area contributed by atoms with E-state index in [9.17, 15) is 18.0 Å². The van der Waals surface area contributed by atoms with Crippen LogP contribution < -0.4 is 4.90 Å². The number of hydrogen-bond donors (Lipinski definition) is 0. The molecule has 2 aliphatic heterocycles. The predicted molar refractivity (Wildman–Crippen MR) is 122 cm³/mol. The molecule has 2 aliphatic rings. The van der Waals surface area contributed by atoms with Gasteiger partial charge in [0.25, 0.3) is 5.82 Å². The summed E-state index contributed by atoms with van der Waals surface area (Å²) in [6.07, 6.45) is -2.27. The van der Waals surface area contributed by atoms with E-state index in [1.807, 2.05) is 9.80 Å². The first kappa shape index (κ1) is 23.0. The van der Waals surface area contributed by atoms with Crippen molar-refractivity contribution in [3.8, 4) is 0 Å². The van der Waals surface area contributed by atoms with Crippen molar-refractivity contribution < 1.29 is 18.0 Å². The van der Waals surface area contributed by atoms with Crippen LogP contribution in [0.25, 0.3) is 5.65 Å². The van der Waals surface area contributed by atoms with Crippen LogP contribution >= 0.6 is 11.3 Å². The number of halogens is 3. The molecule has 2 fully saturated rings. The second kappa shape index (κ2) is 9.49. The molecule has 0 bridgehead atoms. The molecular formula is C22H26F3N7OS. The molecule has 12 heteroatoms. The molecule has 0 saturated carbocycles. The lowest BCUT2D eigenvalue weighted by Crippen LogP contribution is -2.52. The molecule has 0 atom stereocenters. The Morgan fingerprint density at radius 2 is 1.79 bits per heavy atom. The van der Waals surface area contributed by atoms with Gasteiger partial charge >= 0.3 is 6.18 Å². The Morgan fingerprint density at radius 3 is 2.47 bits per heavy atom. The summed E-state index contributed by atoms with van der Waals surface area (Å²) < 4.78 is 40.2. The van der Waals surface area contributed by atoms with Gasteiger partial charge in [-0.2, -0.15) is 17.7 Å². The number of nitrogens with zero attached hydrogens (tertiary/aromatic N) is 7. The Bertz CT molecular complexity index is 1120. The van der Waals surface area contributed by atoms with Gasteiger partial charge in [0.05, 0.1) is 0 Å². The van der Waals surface area contributed by atoms with Crippen molar-refractivity contribution in [2.75, 3.05) is 50.7 Å². The van der Waals surface area contributed by atoms with Crippen LogP contribution in [0.5, 0.6) is 0 Å². The van der Waals surface area contributed by atoms with Gasteiger partial charge in [0.1, 0.15) is 5.82 Å². The zero-order valence-corrected chi connectivity index (χ0v) is 19.4. The van der Waals surface area contributed by atoms with Crippen LogP contribution in [0.2, 0.25) is 0 Å². The molecule has 0 aromatic carbocycles. The maximum Gasteiger partial charge on any atom is 0.453 e. The highest BCUT2D eigenvalue weighted by atomic mass is 32.1. The number of anilines is 1. The Hall–Kier alpha value is -2.73. The third-order valence-corrected chi connectivity index (χ3v) is 7.55. The first-order valence-corrected chi connectivity index (χ1v) is 12.3. The average Bonchev–Trinajstić information content (AvgIpc) is 3.52. The molecule has 5 rings (SSSR count). The first-order valence-electron chi connectivity index (χ1n) is 11.5. The maximum absolute atomic E-state index is 13.2. The van der Waals surface area contributed by atoms with Crippen LogP contribution in [-0.2, 0) is 17.4 Å². The normalized spacial score (nSPS) is 18.7. The smallest absolute Gasteiger partial charge is 0.355 e. The van der Waals surface area contributed by atoms with Crippen molar-refractivity contribution >= 4 is 28.7 Å². The number of hydrogen-bond acceptors (Lipinski definition) is 7. The van der Waals surface area contributed by atoms with Crippen LogP contribution in [0.3, 0.4) is 0 Å². The lowest BCUT2D eigenvalue weighted by molar-refractivity contribution is -0.146. The third-order valence-electron chi connectivity index (χ3n) is 6.61. The molecule has 3 aromatic rings. The zero-order chi connectivity index (χ0) is 23.7. The lowest BCUT2D eigenvalue weighted by Gasteiger charge is -2.38. The van der Waals surface area contributed by atoms with Crippen molar-refractivity contribution in [2.24, 2.45) is 5.92 Å². The number of alkyl halides is 3. The highest BCUT2D eigenvalue weighted by Crippen LogP contribution is 2.29. The Balaban J connectivity index is 1.13. The summed E-state index contributed by atoms with van der Waals surface area (Å²) in [5.74, 6) is -0.565. The lowest BCUT2D eigenvalue weighted by atomic mass is 9.95. The minimum atomic E-state index is -4.63. The van der Waals surface area contributed by atoms with E-state index in [4.69, 9.17) is 0 Å². The standard InChI is InChI=1S/C22H26F3N7OS/c23-22(24,25)21-27-26-18-3-4-19(28-32(18)21)30-9-5-16(6-10-30)20(33)31-13-11-29(12-14-31)8-7-17-2-1-15-34-17/h1-4,15-16H,5-14H2. The van der Waals surface area contributed by atoms with Gasteiger partial charge in [-0.15, -0.1) is 26.6 Å². The molecule has 0 radical (unpaired) electrons. The molecule has 0 spiro atoms. The fourth-order valence-electron chi connectivity index (χ4n) is 4.65. The number of fused-ring (bicyclic) bond motifs is 1. The fraction of sp³-hybridized carbons (Fsp3) is 0.545. The maximum atomic E-state index is 13.2. The molecule has 0 unspecified atom stereocenters. The number of piperidine rings is 1. The SMILES string of the molecule is O=C(C1CCN(c2ccc3nnc(C(F)(F)F)n3n2)CC1)N1CCN(CCc2cccs2)CC1. The van der Waals surface area contributed by atoms with Crippen molar-refractivity contribution in [1.82, 2.24) is 29.6 Å². The largest absolute Gasteiger partial charge is 0.453 e. The minimum Gasteiger partial charge on any atom is -0.355 e. The van der Waals surface area contributed by atoms with E-state index in [0.717, 1.165) is 43.7 Å². The van der Waals surface area contributed by atoms with E-state index in [0.29, 0.717) is 31.7 Å². The number of amides is 1. The van der Waals surface area contributed by atoms with Gasteiger partial charge in [-0.1, -0.05) is 6.07 Å². The molecule has 3 aromatic heterocycles. The average molecular weight is 494 g/mol. The van der Waals surface area contributed by atoms with Gasteiger partial charge in [-0.3, -0.25) is 9.69 Å². The molecular weight excluding hydrogens is 467 g/mol. The van der Waals surface area contributed by atoms with E-state index in [2.05, 4.69) is 37.7 Å². The van der Waals surface area contributed by atoms with Crippen LogP contribution in [0.15, 0.2) is 29.6 Å². The van der Waals surface area contributed by atoms with E-state index < -0.39 is 12.0 Å². The zero-order valence-electron chi connectivity index (χ0n) is 18.6. The fourth-order valence-corrected chi connectivity index (χ4v) is 5.35. The number of piperazine rings is 1. The number of thiophene rings is 1. The van der Waals surface area contributed by atoms with Crippen molar-refractivity contribution in [3.05, 3.63) is 40.3 Å². The Kier molecular flexibility index (Phi) is 6.43. The molecule has 5 heterocycles. The second-order valence-electron chi connectivity index (χ2n) is 8.74. The Morgan fingerprint density at radius 1 is 1.03 bits per heavy atom. The predicted octanol–water partition coefficient (Wildman–Crippen LogP) is 2.81. The molecule has 8 nitrogen and oxygen atoms in total. The summed E-state index contributed by atoms with van der Waals surface area (Å²) in [6.45, 7) is 5.42. The van der Waals surface area contributed by atoms with Gasteiger partial charge in [0, 0.05) is 56.6 Å². The highest BCUT2D eigenvalue weighted by molar-refractivity contribution is 7.09. The van der Waals surface area contributed by atoms with E-state index >= 15 is 0 Å². The molecule has 182 valence electrons. The number of carbonyl (C=O) groups is 1. The summed E-state index contributed by atoms with van der Waals surface area (Å²) in [5.41, 5.74) is 0.0515. The molecule has 0 aliphatic carbocycles. The van der Waals surface area contributed by atoms with Gasteiger partial charge < -0.3 is 9.80 Å². The summed E-state index contributed by atoms with van der Waals surface area (Å²) >= 11 is 1.78. The van der Waals surface area contributed by atoms with E-state index in [1.54, 1.807) is 17.4 Å². The molecule has 2 saturated heterocycles. The van der Waals surface area contributed by atoms with Gasteiger partial charge in [0.2, 0.25) is 5.91 Å². The first-order chi connectivity index (χ1) is 16.4. The number of aromatic nitrogens is 4. The highest BCUT2D eigenvalue weighted by Gasteiger charge is 2.38.